The number of hydrogen-bond donors (Lipinski definition) is 1. The Morgan fingerprint density at radius 1 is 1.19 bits per heavy atom. The van der Waals surface area contributed by atoms with E-state index in [9.17, 15) is 17.4 Å². The molecule has 3 aromatic rings. The lowest BCUT2D eigenvalue weighted by molar-refractivity contribution is -0.274. The summed E-state index contributed by atoms with van der Waals surface area (Å²) in [7, 11) is 2.31. The van der Waals surface area contributed by atoms with Gasteiger partial charge < -0.3 is 14.6 Å². The Balaban J connectivity index is 1.85. The maximum absolute atomic E-state index is 12.7. The Morgan fingerprint density at radius 2 is 1.92 bits per heavy atom. The molecule has 0 aliphatic heterocycles. The second-order valence-electron chi connectivity index (χ2n) is 5.78. The summed E-state index contributed by atoms with van der Waals surface area (Å²) >= 11 is 0. The number of fused-ring (bicyclic) bond motifs is 1. The molecular formula is C17H16F3N3O2S. The van der Waals surface area contributed by atoms with E-state index in [1.807, 2.05) is 43.3 Å². The molecule has 138 valence electrons. The fourth-order valence-corrected chi connectivity index (χ4v) is 3.64. The van der Waals surface area contributed by atoms with Crippen LogP contribution in [0.2, 0.25) is 0 Å². The van der Waals surface area contributed by atoms with Crippen molar-refractivity contribution in [3.05, 3.63) is 48.0 Å². The van der Waals surface area contributed by atoms with E-state index in [2.05, 4.69) is 14.7 Å². The zero-order valence-corrected chi connectivity index (χ0v) is 14.8. The molecule has 5 nitrogen and oxygen atoms in total. The molecule has 2 aromatic carbocycles. The number of nitrogens with one attached hydrogen (secondary N) is 1. The van der Waals surface area contributed by atoms with Crippen molar-refractivity contribution in [3.63, 3.8) is 0 Å². The smallest absolute Gasteiger partial charge is 0.406 e. The molecule has 9 heteroatoms. The van der Waals surface area contributed by atoms with Crippen LogP contribution in [0.25, 0.3) is 11.0 Å². The third kappa shape index (κ3) is 4.16. The highest BCUT2D eigenvalue weighted by molar-refractivity contribution is 7.84. The Hall–Kier alpha value is -2.55. The molecule has 0 spiro atoms. The van der Waals surface area contributed by atoms with Crippen LogP contribution in [0.1, 0.15) is 5.56 Å². The van der Waals surface area contributed by atoms with Crippen LogP contribution in [-0.4, -0.2) is 34.6 Å². The predicted octanol–water partition coefficient (Wildman–Crippen LogP) is 3.84. The van der Waals surface area contributed by atoms with Gasteiger partial charge in [0.25, 0.3) is 0 Å². The number of anilines is 1. The molecule has 0 aliphatic carbocycles. The Labute approximate surface area is 150 Å². The summed E-state index contributed by atoms with van der Waals surface area (Å²) in [6, 6.07) is 11.3. The quantitative estimate of drug-likeness (QED) is 0.727. The highest BCUT2D eigenvalue weighted by Crippen LogP contribution is 2.27. The first kappa shape index (κ1) is 18.2. The van der Waals surface area contributed by atoms with Gasteiger partial charge in [-0.05, 0) is 23.8 Å². The molecule has 26 heavy (non-hydrogen) atoms. The minimum absolute atomic E-state index is 0.206. The van der Waals surface area contributed by atoms with Gasteiger partial charge in [0.05, 0.1) is 27.6 Å². The molecule has 1 heterocycles. The highest BCUT2D eigenvalue weighted by atomic mass is 32.2. The first-order valence-corrected chi connectivity index (χ1v) is 8.94. The van der Waals surface area contributed by atoms with Gasteiger partial charge in [-0.1, -0.05) is 18.2 Å². The molecule has 0 saturated heterocycles. The summed E-state index contributed by atoms with van der Waals surface area (Å²) in [6.07, 6.45) is -4.77. The summed E-state index contributed by atoms with van der Waals surface area (Å²) in [5.41, 5.74) is 2.58. The standard InChI is InChI=1S/C17H16F3N3O2S/c1-23(2)15-6-4-3-5-11(15)10-26(24)16-21-13-8-7-12(9-14(13)22-16)25-17(18,19)20/h3-9H,10H2,1-2H3,(H,21,22). The summed E-state index contributed by atoms with van der Waals surface area (Å²) in [6.45, 7) is 0. The molecule has 0 saturated carbocycles. The van der Waals surface area contributed by atoms with Crippen LogP contribution in [-0.2, 0) is 16.6 Å². The van der Waals surface area contributed by atoms with Crippen LogP contribution >= 0.6 is 0 Å². The van der Waals surface area contributed by atoms with Crippen molar-refractivity contribution in [1.82, 2.24) is 9.97 Å². The van der Waals surface area contributed by atoms with E-state index < -0.39 is 17.2 Å². The summed E-state index contributed by atoms with van der Waals surface area (Å²) in [4.78, 5) is 8.96. The number of aromatic nitrogens is 2. The molecule has 3 rings (SSSR count). The van der Waals surface area contributed by atoms with Crippen LogP contribution in [0, 0.1) is 0 Å². The predicted molar refractivity (Wildman–Crippen MR) is 93.7 cm³/mol. The van der Waals surface area contributed by atoms with Crippen molar-refractivity contribution in [2.75, 3.05) is 19.0 Å². The highest BCUT2D eigenvalue weighted by Gasteiger charge is 2.31. The van der Waals surface area contributed by atoms with E-state index in [-0.39, 0.29) is 16.7 Å². The van der Waals surface area contributed by atoms with E-state index in [4.69, 9.17) is 0 Å². The van der Waals surface area contributed by atoms with Gasteiger partial charge in [-0.25, -0.2) is 4.98 Å². The monoisotopic (exact) mass is 383 g/mol. The maximum atomic E-state index is 12.7. The number of halogens is 3. The van der Waals surface area contributed by atoms with Gasteiger partial charge in [-0.2, -0.15) is 0 Å². The van der Waals surface area contributed by atoms with Gasteiger partial charge in [0.1, 0.15) is 5.75 Å². The molecular weight excluding hydrogens is 367 g/mol. The van der Waals surface area contributed by atoms with Crippen LogP contribution in [0.15, 0.2) is 47.6 Å². The summed E-state index contributed by atoms with van der Waals surface area (Å²) < 4.78 is 53.5. The van der Waals surface area contributed by atoms with Crippen molar-refractivity contribution in [1.29, 1.82) is 0 Å². The van der Waals surface area contributed by atoms with Gasteiger partial charge in [0.15, 0.2) is 5.16 Å². The third-order valence-corrected chi connectivity index (χ3v) is 4.84. The number of alkyl halides is 3. The van der Waals surface area contributed by atoms with E-state index in [0.29, 0.717) is 11.0 Å². The zero-order valence-electron chi connectivity index (χ0n) is 14.0. The fourth-order valence-electron chi connectivity index (χ4n) is 2.55. The first-order valence-electron chi connectivity index (χ1n) is 7.62. The van der Waals surface area contributed by atoms with E-state index >= 15 is 0 Å². The minimum atomic E-state index is -4.77. The number of benzene rings is 2. The molecule has 0 radical (unpaired) electrons. The van der Waals surface area contributed by atoms with Crippen LogP contribution in [0.5, 0.6) is 5.75 Å². The molecule has 0 fully saturated rings. The van der Waals surface area contributed by atoms with Gasteiger partial charge in [0, 0.05) is 25.8 Å². The van der Waals surface area contributed by atoms with Crippen LogP contribution in [0.4, 0.5) is 18.9 Å². The van der Waals surface area contributed by atoms with E-state index in [1.54, 1.807) is 0 Å². The molecule has 1 aromatic heterocycles. The van der Waals surface area contributed by atoms with E-state index in [1.165, 1.54) is 18.2 Å². The van der Waals surface area contributed by atoms with Gasteiger partial charge in [-0.15, -0.1) is 13.2 Å². The number of para-hydroxylation sites is 1. The number of nitrogens with zero attached hydrogens (tertiary/aromatic N) is 2. The molecule has 1 unspecified atom stereocenters. The lowest BCUT2D eigenvalue weighted by atomic mass is 10.2. The number of ether oxygens (including phenoxy) is 1. The normalized spacial score (nSPS) is 13.0. The topological polar surface area (TPSA) is 58.2 Å². The van der Waals surface area contributed by atoms with Crippen molar-refractivity contribution < 1.29 is 22.1 Å². The van der Waals surface area contributed by atoms with Gasteiger partial charge >= 0.3 is 6.36 Å². The Kier molecular flexibility index (Phi) is 4.90. The molecule has 1 atom stereocenters. The van der Waals surface area contributed by atoms with Crippen LogP contribution in [0.3, 0.4) is 0 Å². The molecule has 0 bridgehead atoms. The molecule has 0 amide bonds. The number of H-pyrrole nitrogens is 1. The lowest BCUT2D eigenvalue weighted by Gasteiger charge is -2.16. The Morgan fingerprint density at radius 3 is 2.62 bits per heavy atom. The number of hydrogen-bond acceptors (Lipinski definition) is 4. The number of rotatable bonds is 5. The van der Waals surface area contributed by atoms with Crippen LogP contribution < -0.4 is 9.64 Å². The third-order valence-electron chi connectivity index (χ3n) is 3.64. The average Bonchev–Trinajstić information content (AvgIpc) is 2.97. The van der Waals surface area contributed by atoms with E-state index in [0.717, 1.165) is 11.3 Å². The lowest BCUT2D eigenvalue weighted by Crippen LogP contribution is -2.16. The van der Waals surface area contributed by atoms with Gasteiger partial charge in [0.2, 0.25) is 0 Å². The van der Waals surface area contributed by atoms with Crippen molar-refractivity contribution in [3.8, 4) is 5.75 Å². The van der Waals surface area contributed by atoms with Crippen molar-refractivity contribution >= 4 is 27.5 Å². The van der Waals surface area contributed by atoms with Gasteiger partial charge in [-0.3, -0.25) is 4.21 Å². The molecule has 0 aliphatic rings. The average molecular weight is 383 g/mol. The zero-order chi connectivity index (χ0) is 18.9. The minimum Gasteiger partial charge on any atom is -0.406 e. The van der Waals surface area contributed by atoms with Crippen molar-refractivity contribution in [2.45, 2.75) is 17.3 Å². The summed E-state index contributed by atoms with van der Waals surface area (Å²) in [5, 5.41) is 0.206. The largest absolute Gasteiger partial charge is 0.573 e. The second kappa shape index (κ2) is 6.99. The fraction of sp³-hybridized carbons (Fsp3) is 0.235. The molecule has 1 N–H and O–H groups in total. The maximum Gasteiger partial charge on any atom is 0.573 e. The Bertz CT molecular complexity index is 954. The summed E-state index contributed by atoms with van der Waals surface area (Å²) in [5.74, 6) is -0.121. The number of imidazole rings is 1. The first-order chi connectivity index (χ1) is 12.2. The SMILES string of the molecule is CN(C)c1ccccc1CS(=O)c1nc2ccc(OC(F)(F)F)cc2[nH]1. The second-order valence-corrected chi connectivity index (χ2v) is 7.15. The number of aromatic amines is 1. The van der Waals surface area contributed by atoms with Crippen molar-refractivity contribution in [2.24, 2.45) is 0 Å².